The molecule has 6 nitrogen and oxygen atoms in total. The van der Waals surface area contributed by atoms with E-state index in [1.54, 1.807) is 36.7 Å². The second kappa shape index (κ2) is 8.71. The Bertz CT molecular complexity index is 1020. The molecule has 1 atom stereocenters. The number of benzene rings is 1. The van der Waals surface area contributed by atoms with Crippen LogP contribution in [0.4, 0.5) is 5.13 Å². The zero-order valence-electron chi connectivity index (χ0n) is 15.5. The van der Waals surface area contributed by atoms with Crippen molar-refractivity contribution in [2.45, 2.75) is 31.7 Å². The molecule has 148 valence electrons. The van der Waals surface area contributed by atoms with Crippen LogP contribution in [0.15, 0.2) is 48.8 Å². The van der Waals surface area contributed by atoms with Gasteiger partial charge in [0.15, 0.2) is 5.13 Å². The Morgan fingerprint density at radius 1 is 1.14 bits per heavy atom. The van der Waals surface area contributed by atoms with Crippen LogP contribution in [0.5, 0.6) is 0 Å². The second-order valence-corrected chi connectivity index (χ2v) is 8.33. The minimum Gasteiger partial charge on any atom is -0.351 e. The largest absolute Gasteiger partial charge is 0.351 e. The number of carbonyl (C=O) groups excluding carboxylic acids is 2. The number of fused-ring (bicyclic) bond motifs is 1. The molecule has 3 aromatic rings. The highest BCUT2D eigenvalue weighted by molar-refractivity contribution is 7.16. The van der Waals surface area contributed by atoms with Gasteiger partial charge in [0.25, 0.3) is 5.91 Å². The van der Waals surface area contributed by atoms with E-state index in [9.17, 15) is 9.59 Å². The molecule has 1 aliphatic carbocycles. The number of thiazole rings is 1. The second-order valence-electron chi connectivity index (χ2n) is 6.81. The van der Waals surface area contributed by atoms with Gasteiger partial charge in [-0.15, -0.1) is 11.3 Å². The lowest BCUT2D eigenvalue weighted by atomic mass is 9.90. The van der Waals surface area contributed by atoms with E-state index in [-0.39, 0.29) is 17.7 Å². The Balaban J connectivity index is 1.45. The summed E-state index contributed by atoms with van der Waals surface area (Å²) in [4.78, 5) is 34.8. The lowest BCUT2D eigenvalue weighted by Gasteiger charge is -2.20. The molecule has 1 aromatic carbocycles. The molecule has 8 heteroatoms. The van der Waals surface area contributed by atoms with E-state index >= 15 is 0 Å². The molecule has 0 spiro atoms. The summed E-state index contributed by atoms with van der Waals surface area (Å²) < 4.78 is 0. The molecule has 0 saturated heterocycles. The van der Waals surface area contributed by atoms with Gasteiger partial charge in [0.2, 0.25) is 5.91 Å². The topological polar surface area (TPSA) is 84.0 Å². The van der Waals surface area contributed by atoms with Crippen molar-refractivity contribution in [3.63, 3.8) is 0 Å². The van der Waals surface area contributed by atoms with Crippen LogP contribution in [0.3, 0.4) is 0 Å². The molecule has 2 heterocycles. The van der Waals surface area contributed by atoms with E-state index < -0.39 is 0 Å². The van der Waals surface area contributed by atoms with Crippen LogP contribution < -0.4 is 10.6 Å². The minimum atomic E-state index is -0.293. The molecule has 2 amide bonds. The van der Waals surface area contributed by atoms with Crippen molar-refractivity contribution in [3.8, 4) is 0 Å². The standard InChI is InChI=1S/C21H19ClN4O2S/c22-15-6-4-14(5-7-15)19(27)26-21-25-18-16(2-1-3-17(18)29-21)20(28)24-12-13-8-10-23-11-9-13/h4-11,16H,1-3,12H2,(H,24,28)(H,25,26,27). The fourth-order valence-corrected chi connectivity index (χ4v) is 4.50. The Hall–Kier alpha value is -2.77. The average molecular weight is 427 g/mol. The summed E-state index contributed by atoms with van der Waals surface area (Å²) in [5.41, 5.74) is 2.28. The van der Waals surface area contributed by atoms with E-state index in [0.29, 0.717) is 22.3 Å². The van der Waals surface area contributed by atoms with E-state index in [2.05, 4.69) is 20.6 Å². The van der Waals surface area contributed by atoms with Gasteiger partial charge in [-0.1, -0.05) is 11.6 Å². The number of aromatic nitrogens is 2. The number of hydrogen-bond acceptors (Lipinski definition) is 5. The number of hydrogen-bond donors (Lipinski definition) is 2. The third kappa shape index (κ3) is 4.63. The molecule has 0 bridgehead atoms. The van der Waals surface area contributed by atoms with E-state index in [0.717, 1.165) is 35.4 Å². The van der Waals surface area contributed by atoms with Gasteiger partial charge in [-0.25, -0.2) is 4.98 Å². The first-order chi connectivity index (χ1) is 14.1. The molecule has 29 heavy (non-hydrogen) atoms. The Kier molecular flexibility index (Phi) is 5.87. The predicted molar refractivity (Wildman–Crippen MR) is 113 cm³/mol. The molecule has 1 unspecified atom stereocenters. The van der Waals surface area contributed by atoms with Crippen molar-refractivity contribution in [2.24, 2.45) is 0 Å². The quantitative estimate of drug-likeness (QED) is 0.641. The van der Waals surface area contributed by atoms with Crippen molar-refractivity contribution < 1.29 is 9.59 Å². The van der Waals surface area contributed by atoms with Gasteiger partial charge in [0, 0.05) is 34.4 Å². The van der Waals surface area contributed by atoms with Crippen molar-refractivity contribution in [1.82, 2.24) is 15.3 Å². The normalized spacial score (nSPS) is 15.4. The lowest BCUT2D eigenvalue weighted by molar-refractivity contribution is -0.123. The Morgan fingerprint density at radius 3 is 2.66 bits per heavy atom. The number of carbonyl (C=O) groups is 2. The number of anilines is 1. The van der Waals surface area contributed by atoms with E-state index in [1.165, 1.54) is 11.3 Å². The number of amides is 2. The molecule has 2 N–H and O–H groups in total. The maximum absolute atomic E-state index is 12.8. The van der Waals surface area contributed by atoms with Crippen LogP contribution in [-0.2, 0) is 17.8 Å². The first-order valence-corrected chi connectivity index (χ1v) is 10.5. The minimum absolute atomic E-state index is 0.0383. The van der Waals surface area contributed by atoms with E-state index in [1.807, 2.05) is 12.1 Å². The van der Waals surface area contributed by atoms with Crippen molar-refractivity contribution in [1.29, 1.82) is 0 Å². The summed E-state index contributed by atoms with van der Waals surface area (Å²) >= 11 is 7.31. The summed E-state index contributed by atoms with van der Waals surface area (Å²) in [6, 6.07) is 10.4. The van der Waals surface area contributed by atoms with Crippen LogP contribution in [0.1, 0.15) is 45.3 Å². The summed E-state index contributed by atoms with van der Waals surface area (Å²) in [6.07, 6.45) is 5.96. The fourth-order valence-electron chi connectivity index (χ4n) is 3.31. The monoisotopic (exact) mass is 426 g/mol. The van der Waals surface area contributed by atoms with Gasteiger partial charge in [0.1, 0.15) is 0 Å². The van der Waals surface area contributed by atoms with Crippen LogP contribution in [-0.4, -0.2) is 21.8 Å². The molecule has 0 saturated carbocycles. The zero-order chi connectivity index (χ0) is 20.2. The number of nitrogens with one attached hydrogen (secondary N) is 2. The van der Waals surface area contributed by atoms with Gasteiger partial charge in [-0.05, 0) is 61.2 Å². The maximum atomic E-state index is 12.8. The summed E-state index contributed by atoms with van der Waals surface area (Å²) in [5, 5.41) is 6.92. The lowest BCUT2D eigenvalue weighted by Crippen LogP contribution is -2.31. The summed E-state index contributed by atoms with van der Waals surface area (Å²) in [5.74, 6) is -0.576. The maximum Gasteiger partial charge on any atom is 0.257 e. The number of pyridine rings is 1. The highest BCUT2D eigenvalue weighted by Gasteiger charge is 2.30. The summed E-state index contributed by atoms with van der Waals surface area (Å²) in [7, 11) is 0. The first kappa shape index (κ1) is 19.5. The highest BCUT2D eigenvalue weighted by Crippen LogP contribution is 2.37. The third-order valence-electron chi connectivity index (χ3n) is 4.81. The molecule has 4 rings (SSSR count). The van der Waals surface area contributed by atoms with E-state index in [4.69, 9.17) is 11.6 Å². The molecular formula is C21H19ClN4O2S. The van der Waals surface area contributed by atoms with Gasteiger partial charge in [-0.2, -0.15) is 0 Å². The Morgan fingerprint density at radius 2 is 1.90 bits per heavy atom. The zero-order valence-corrected chi connectivity index (χ0v) is 17.1. The van der Waals surface area contributed by atoms with Crippen LogP contribution in [0.25, 0.3) is 0 Å². The highest BCUT2D eigenvalue weighted by atomic mass is 35.5. The molecule has 2 aromatic heterocycles. The third-order valence-corrected chi connectivity index (χ3v) is 6.11. The smallest absolute Gasteiger partial charge is 0.257 e. The fraction of sp³-hybridized carbons (Fsp3) is 0.238. The number of halogens is 1. The van der Waals surface area contributed by atoms with Crippen LogP contribution in [0.2, 0.25) is 5.02 Å². The number of rotatable bonds is 5. The van der Waals surface area contributed by atoms with Crippen molar-refractivity contribution >= 4 is 39.9 Å². The molecule has 0 aliphatic heterocycles. The summed E-state index contributed by atoms with van der Waals surface area (Å²) in [6.45, 7) is 0.456. The van der Waals surface area contributed by atoms with Gasteiger partial charge < -0.3 is 5.32 Å². The number of nitrogens with zero attached hydrogens (tertiary/aromatic N) is 2. The van der Waals surface area contributed by atoms with Crippen LogP contribution >= 0.6 is 22.9 Å². The Labute approximate surface area is 177 Å². The SMILES string of the molecule is O=C(Nc1nc2c(s1)CCCC2C(=O)NCc1ccncc1)c1ccc(Cl)cc1. The van der Waals surface area contributed by atoms with Crippen molar-refractivity contribution in [2.75, 3.05) is 5.32 Å². The van der Waals surface area contributed by atoms with Crippen molar-refractivity contribution in [3.05, 3.63) is 75.5 Å². The molecule has 0 fully saturated rings. The van der Waals surface area contributed by atoms with Crippen LogP contribution in [0, 0.1) is 0 Å². The van der Waals surface area contributed by atoms with Gasteiger partial charge in [0.05, 0.1) is 11.6 Å². The molecule has 1 aliphatic rings. The average Bonchev–Trinajstić information content (AvgIpc) is 3.15. The number of aryl methyl sites for hydroxylation is 1. The van der Waals surface area contributed by atoms with Gasteiger partial charge >= 0.3 is 0 Å². The molecular weight excluding hydrogens is 408 g/mol. The predicted octanol–water partition coefficient (Wildman–Crippen LogP) is 4.18. The van der Waals surface area contributed by atoms with Gasteiger partial charge in [-0.3, -0.25) is 19.9 Å². The molecule has 0 radical (unpaired) electrons. The first-order valence-electron chi connectivity index (χ1n) is 9.33.